The normalized spacial score (nSPS) is 15.4. The summed E-state index contributed by atoms with van der Waals surface area (Å²) in [4.78, 5) is 28.1. The Bertz CT molecular complexity index is 587. The van der Waals surface area contributed by atoms with Crippen LogP contribution in [0.5, 0.6) is 0 Å². The van der Waals surface area contributed by atoms with E-state index in [1.54, 1.807) is 18.3 Å². The lowest BCUT2D eigenvalue weighted by molar-refractivity contribution is -0.121. The fourth-order valence-electron chi connectivity index (χ4n) is 1.98. The smallest absolute Gasteiger partial charge is 0.234 e. The average molecular weight is 242 g/mol. The topological polar surface area (TPSA) is 63.4 Å². The van der Waals surface area contributed by atoms with Gasteiger partial charge in [0, 0.05) is 11.3 Å². The maximum Gasteiger partial charge on any atom is 0.234 e. The summed E-state index contributed by atoms with van der Waals surface area (Å²) in [6.07, 6.45) is 3.00. The van der Waals surface area contributed by atoms with Crippen molar-refractivity contribution in [2.24, 2.45) is 0 Å². The number of nitrogens with zero attached hydrogens (tertiary/aromatic N) is 2. The van der Waals surface area contributed by atoms with Crippen LogP contribution in [0.3, 0.4) is 0 Å². The minimum Gasteiger partial charge on any atom is -0.444 e. The largest absolute Gasteiger partial charge is 0.444 e. The van der Waals surface area contributed by atoms with Crippen LogP contribution >= 0.6 is 0 Å². The molecule has 5 nitrogen and oxygen atoms in total. The van der Waals surface area contributed by atoms with Crippen LogP contribution < -0.4 is 4.90 Å². The van der Waals surface area contributed by atoms with Crippen molar-refractivity contribution in [1.82, 2.24) is 4.98 Å². The maximum absolute atomic E-state index is 11.6. The number of hydrogen-bond acceptors (Lipinski definition) is 4. The predicted octanol–water partition coefficient (Wildman–Crippen LogP) is 1.65. The van der Waals surface area contributed by atoms with Gasteiger partial charge in [0.25, 0.3) is 0 Å². The molecule has 0 unspecified atom stereocenters. The van der Waals surface area contributed by atoms with E-state index in [4.69, 9.17) is 4.42 Å². The van der Waals surface area contributed by atoms with Crippen molar-refractivity contribution < 1.29 is 14.0 Å². The molecule has 90 valence electrons. The summed E-state index contributed by atoms with van der Waals surface area (Å²) in [5, 5.41) is 0. The average Bonchev–Trinajstić information content (AvgIpc) is 2.99. The Kier molecular flexibility index (Phi) is 2.44. The van der Waals surface area contributed by atoms with E-state index in [0.717, 1.165) is 11.3 Å². The first-order valence-electron chi connectivity index (χ1n) is 5.55. The molecule has 0 spiro atoms. The Balaban J connectivity index is 1.88. The highest BCUT2D eigenvalue weighted by Gasteiger charge is 2.28. The molecule has 1 fully saturated rings. The van der Waals surface area contributed by atoms with Gasteiger partial charge in [-0.2, -0.15) is 0 Å². The number of aromatic nitrogens is 1. The van der Waals surface area contributed by atoms with Gasteiger partial charge in [-0.1, -0.05) is 0 Å². The van der Waals surface area contributed by atoms with Crippen molar-refractivity contribution in [3.05, 3.63) is 36.9 Å². The summed E-state index contributed by atoms with van der Waals surface area (Å²) in [6.45, 7) is 0.167. The van der Waals surface area contributed by atoms with Crippen LogP contribution in [0.2, 0.25) is 0 Å². The molecule has 2 aromatic rings. The summed E-state index contributed by atoms with van der Waals surface area (Å²) in [5.74, 6) is 0.483. The number of ketones is 1. The molecular formula is C13H10N2O3. The van der Waals surface area contributed by atoms with Crippen molar-refractivity contribution in [3.63, 3.8) is 0 Å². The SMILES string of the molecule is O=C1CC(=O)N(c2ccc(-c3cnco3)cc2)C1. The molecule has 3 rings (SSSR count). The third-order valence-electron chi connectivity index (χ3n) is 2.88. The summed E-state index contributed by atoms with van der Waals surface area (Å²) < 4.78 is 5.18. The Morgan fingerprint density at radius 3 is 2.50 bits per heavy atom. The van der Waals surface area contributed by atoms with Crippen LogP contribution in [0.4, 0.5) is 5.69 Å². The first-order chi connectivity index (χ1) is 8.74. The van der Waals surface area contributed by atoms with Crippen molar-refractivity contribution in [3.8, 4) is 11.3 Å². The van der Waals surface area contributed by atoms with E-state index in [1.807, 2.05) is 12.1 Å². The molecule has 0 bridgehead atoms. The second kappa shape index (κ2) is 4.10. The van der Waals surface area contributed by atoms with Crippen LogP contribution in [0.1, 0.15) is 6.42 Å². The zero-order valence-corrected chi connectivity index (χ0v) is 9.50. The van der Waals surface area contributed by atoms with Crippen LogP contribution in [0.25, 0.3) is 11.3 Å². The summed E-state index contributed by atoms with van der Waals surface area (Å²) in [5.41, 5.74) is 1.61. The van der Waals surface area contributed by atoms with Gasteiger partial charge >= 0.3 is 0 Å². The van der Waals surface area contributed by atoms with Gasteiger partial charge in [-0.15, -0.1) is 0 Å². The first kappa shape index (κ1) is 10.7. The second-order valence-corrected chi connectivity index (χ2v) is 4.11. The molecule has 0 atom stereocenters. The van der Waals surface area contributed by atoms with Gasteiger partial charge in [0.05, 0.1) is 19.2 Å². The van der Waals surface area contributed by atoms with Crippen molar-refractivity contribution in [2.45, 2.75) is 6.42 Å². The molecule has 5 heteroatoms. The summed E-state index contributed by atoms with van der Waals surface area (Å²) >= 11 is 0. The lowest BCUT2D eigenvalue weighted by Gasteiger charge is -2.14. The molecule has 1 aromatic heterocycles. The highest BCUT2D eigenvalue weighted by atomic mass is 16.3. The fraction of sp³-hybridized carbons (Fsp3) is 0.154. The van der Waals surface area contributed by atoms with Gasteiger partial charge < -0.3 is 9.32 Å². The van der Waals surface area contributed by atoms with Gasteiger partial charge in [-0.3, -0.25) is 9.59 Å². The van der Waals surface area contributed by atoms with E-state index in [0.29, 0.717) is 5.76 Å². The second-order valence-electron chi connectivity index (χ2n) is 4.11. The van der Waals surface area contributed by atoms with Gasteiger partial charge in [0.1, 0.15) is 0 Å². The number of oxazole rings is 1. The van der Waals surface area contributed by atoms with Crippen LogP contribution in [-0.4, -0.2) is 23.2 Å². The highest BCUT2D eigenvalue weighted by Crippen LogP contribution is 2.24. The number of carbonyl (C=O) groups excluding carboxylic acids is 2. The molecule has 0 saturated carbocycles. The van der Waals surface area contributed by atoms with E-state index < -0.39 is 0 Å². The van der Waals surface area contributed by atoms with Crippen molar-refractivity contribution in [1.29, 1.82) is 0 Å². The molecule has 1 aromatic carbocycles. The van der Waals surface area contributed by atoms with E-state index in [1.165, 1.54) is 11.3 Å². The lowest BCUT2D eigenvalue weighted by Crippen LogP contribution is -2.24. The molecule has 1 aliphatic heterocycles. The zero-order chi connectivity index (χ0) is 12.5. The van der Waals surface area contributed by atoms with Crippen molar-refractivity contribution >= 4 is 17.4 Å². The van der Waals surface area contributed by atoms with Crippen LogP contribution in [-0.2, 0) is 9.59 Å². The van der Waals surface area contributed by atoms with E-state index in [9.17, 15) is 9.59 Å². The number of amides is 1. The van der Waals surface area contributed by atoms with E-state index in [-0.39, 0.29) is 24.7 Å². The van der Waals surface area contributed by atoms with Crippen LogP contribution in [0.15, 0.2) is 41.3 Å². The molecule has 1 saturated heterocycles. The molecule has 0 N–H and O–H groups in total. The molecule has 0 radical (unpaired) electrons. The third-order valence-corrected chi connectivity index (χ3v) is 2.88. The van der Waals surface area contributed by atoms with E-state index in [2.05, 4.69) is 4.98 Å². The summed E-state index contributed by atoms with van der Waals surface area (Å²) in [6, 6.07) is 7.28. The van der Waals surface area contributed by atoms with E-state index >= 15 is 0 Å². The number of Topliss-reactive ketones (excluding diaryl/α,β-unsaturated/α-hetero) is 1. The first-order valence-corrected chi connectivity index (χ1v) is 5.55. The quantitative estimate of drug-likeness (QED) is 0.751. The Morgan fingerprint density at radius 1 is 1.17 bits per heavy atom. The zero-order valence-electron chi connectivity index (χ0n) is 9.50. The Morgan fingerprint density at radius 2 is 1.94 bits per heavy atom. The molecule has 2 heterocycles. The Hall–Kier alpha value is -2.43. The fourth-order valence-corrected chi connectivity index (χ4v) is 1.98. The lowest BCUT2D eigenvalue weighted by atomic mass is 10.1. The Labute approximate surface area is 103 Å². The minimum absolute atomic E-state index is 0.00382. The molecule has 18 heavy (non-hydrogen) atoms. The van der Waals surface area contributed by atoms with Crippen LogP contribution in [0, 0.1) is 0 Å². The minimum atomic E-state index is -0.146. The highest BCUT2D eigenvalue weighted by molar-refractivity contribution is 6.15. The monoisotopic (exact) mass is 242 g/mol. The number of rotatable bonds is 2. The van der Waals surface area contributed by atoms with Gasteiger partial charge in [-0.25, -0.2) is 4.98 Å². The number of hydrogen-bond donors (Lipinski definition) is 0. The van der Waals surface area contributed by atoms with Gasteiger partial charge in [0.2, 0.25) is 5.91 Å². The summed E-state index contributed by atoms with van der Waals surface area (Å²) in [7, 11) is 0. The van der Waals surface area contributed by atoms with Gasteiger partial charge in [-0.05, 0) is 24.3 Å². The predicted molar refractivity (Wildman–Crippen MR) is 63.9 cm³/mol. The maximum atomic E-state index is 11.6. The number of anilines is 1. The van der Waals surface area contributed by atoms with Gasteiger partial charge in [0.15, 0.2) is 17.9 Å². The molecular weight excluding hydrogens is 232 g/mol. The van der Waals surface area contributed by atoms with Crippen molar-refractivity contribution in [2.75, 3.05) is 11.4 Å². The molecule has 1 amide bonds. The number of benzene rings is 1. The third kappa shape index (κ3) is 1.79. The standard InChI is InChI=1S/C13H10N2O3/c16-11-5-13(17)15(7-11)10-3-1-9(2-4-10)12-6-14-8-18-12/h1-4,6,8H,5,7H2. The molecule has 0 aliphatic carbocycles. The number of carbonyl (C=O) groups is 2. The molecule has 1 aliphatic rings.